The van der Waals surface area contributed by atoms with Crippen LogP contribution in [-0.2, 0) is 0 Å². The first-order chi connectivity index (χ1) is 12.3. The van der Waals surface area contributed by atoms with Gasteiger partial charge in [0.2, 0.25) is 0 Å². The third kappa shape index (κ3) is 3.86. The van der Waals surface area contributed by atoms with Crippen molar-refractivity contribution >= 4 is 35.1 Å². The molecule has 0 bridgehead atoms. The van der Waals surface area contributed by atoms with Crippen LogP contribution in [0.4, 0.5) is 11.4 Å². The number of benzene rings is 2. The summed E-state index contributed by atoms with van der Waals surface area (Å²) in [6.45, 7) is 1.28. The van der Waals surface area contributed by atoms with Crippen molar-refractivity contribution in [1.82, 2.24) is 4.90 Å². The second-order valence-electron chi connectivity index (χ2n) is 6.94. The van der Waals surface area contributed by atoms with Crippen molar-refractivity contribution in [3.8, 4) is 0 Å². The first kappa shape index (κ1) is 17.3. The van der Waals surface area contributed by atoms with Crippen LogP contribution in [0.3, 0.4) is 0 Å². The minimum Gasteiger partial charge on any atom is -0.303 e. The predicted molar refractivity (Wildman–Crippen MR) is 111 cm³/mol. The van der Waals surface area contributed by atoms with E-state index in [-0.39, 0.29) is 0 Å². The zero-order chi connectivity index (χ0) is 17.1. The molecule has 2 aromatic rings. The lowest BCUT2D eigenvalue weighted by molar-refractivity contribution is 0.175. The second-order valence-corrected chi connectivity index (χ2v) is 9.05. The topological polar surface area (TPSA) is 6.48 Å². The van der Waals surface area contributed by atoms with E-state index in [0.717, 1.165) is 6.04 Å². The first-order valence-electron chi connectivity index (χ1n) is 9.32. The Hall–Kier alpha value is -1.10. The van der Waals surface area contributed by atoms with Crippen LogP contribution in [0.25, 0.3) is 0 Å². The lowest BCUT2D eigenvalue weighted by Gasteiger charge is -2.33. The number of hydrogen-bond acceptors (Lipinski definition) is 4. The molecule has 0 aliphatic carbocycles. The number of anilines is 2. The Morgan fingerprint density at radius 1 is 1.00 bits per heavy atom. The number of hydrogen-bond donors (Lipinski definition) is 0. The molecular weight excluding hydrogens is 344 g/mol. The van der Waals surface area contributed by atoms with Crippen LogP contribution in [0.1, 0.15) is 32.1 Å². The van der Waals surface area contributed by atoms with E-state index in [1.54, 1.807) is 0 Å². The standard InChI is InChI=1S/C21H26N2S2/c1-22-15-7-6-9-17(22)10-8-16-24-23-18-11-2-4-13-20(18)25-21-14-5-3-12-19(21)23/h2-5,11-14,17H,6-10,15-16H2,1H3. The SMILES string of the molecule is CN1CCCCC1CCCSN1c2ccccc2Sc2ccccc21. The molecule has 1 saturated heterocycles. The summed E-state index contributed by atoms with van der Waals surface area (Å²) in [5, 5.41) is 0. The van der Waals surface area contributed by atoms with E-state index in [4.69, 9.17) is 0 Å². The second kappa shape index (κ2) is 8.07. The Morgan fingerprint density at radius 3 is 2.36 bits per heavy atom. The summed E-state index contributed by atoms with van der Waals surface area (Å²) in [6, 6.07) is 18.4. The molecule has 1 atom stereocenters. The van der Waals surface area contributed by atoms with Crippen molar-refractivity contribution in [2.45, 2.75) is 47.9 Å². The summed E-state index contributed by atoms with van der Waals surface area (Å²) in [4.78, 5) is 5.29. The third-order valence-corrected chi connectivity index (χ3v) is 7.46. The van der Waals surface area contributed by atoms with Crippen LogP contribution < -0.4 is 4.31 Å². The van der Waals surface area contributed by atoms with Gasteiger partial charge in [0.15, 0.2) is 0 Å². The third-order valence-electron chi connectivity index (χ3n) is 5.21. The van der Waals surface area contributed by atoms with Crippen molar-refractivity contribution in [3.05, 3.63) is 48.5 Å². The summed E-state index contributed by atoms with van der Waals surface area (Å²) in [5.41, 5.74) is 2.68. The highest BCUT2D eigenvalue weighted by Gasteiger charge is 2.23. The fourth-order valence-corrected chi connectivity index (χ4v) is 6.04. The number of fused-ring (bicyclic) bond motifs is 2. The molecule has 0 aromatic heterocycles. The van der Waals surface area contributed by atoms with Crippen LogP contribution in [0.5, 0.6) is 0 Å². The van der Waals surface area contributed by atoms with Gasteiger partial charge in [0, 0.05) is 21.6 Å². The van der Waals surface area contributed by atoms with Crippen molar-refractivity contribution in [3.63, 3.8) is 0 Å². The number of para-hydroxylation sites is 2. The van der Waals surface area contributed by atoms with Gasteiger partial charge >= 0.3 is 0 Å². The van der Waals surface area contributed by atoms with E-state index in [9.17, 15) is 0 Å². The van der Waals surface area contributed by atoms with Gasteiger partial charge in [0.1, 0.15) is 0 Å². The molecule has 0 radical (unpaired) electrons. The molecule has 4 heteroatoms. The smallest absolute Gasteiger partial charge is 0.0665 e. The Kier molecular flexibility index (Phi) is 5.59. The van der Waals surface area contributed by atoms with Gasteiger partial charge < -0.3 is 4.90 Å². The Morgan fingerprint density at radius 2 is 1.68 bits per heavy atom. The molecule has 4 rings (SSSR count). The Labute approximate surface area is 160 Å². The molecule has 2 aliphatic heterocycles. The molecule has 2 aromatic carbocycles. The van der Waals surface area contributed by atoms with E-state index >= 15 is 0 Å². The van der Waals surface area contributed by atoms with Gasteiger partial charge in [-0.3, -0.25) is 4.31 Å². The highest BCUT2D eigenvalue weighted by atomic mass is 32.2. The van der Waals surface area contributed by atoms with Crippen molar-refractivity contribution < 1.29 is 0 Å². The summed E-state index contributed by atoms with van der Waals surface area (Å²) >= 11 is 3.86. The summed E-state index contributed by atoms with van der Waals surface area (Å²) in [7, 11) is 2.30. The summed E-state index contributed by atoms with van der Waals surface area (Å²) in [5.74, 6) is 1.18. The summed E-state index contributed by atoms with van der Waals surface area (Å²) in [6.07, 6.45) is 6.78. The lowest BCUT2D eigenvalue weighted by Crippen LogP contribution is -2.36. The van der Waals surface area contributed by atoms with Crippen LogP contribution >= 0.6 is 23.7 Å². The molecule has 1 unspecified atom stereocenters. The number of rotatable bonds is 5. The maximum atomic E-state index is 2.57. The van der Waals surface area contributed by atoms with E-state index in [0.29, 0.717) is 0 Å². The molecule has 132 valence electrons. The van der Waals surface area contributed by atoms with Crippen molar-refractivity contribution in [2.75, 3.05) is 23.7 Å². The zero-order valence-electron chi connectivity index (χ0n) is 14.9. The molecule has 2 nitrogen and oxygen atoms in total. The Balaban J connectivity index is 1.42. The largest absolute Gasteiger partial charge is 0.303 e. The molecule has 25 heavy (non-hydrogen) atoms. The van der Waals surface area contributed by atoms with E-state index in [2.05, 4.69) is 64.8 Å². The maximum Gasteiger partial charge on any atom is 0.0665 e. The highest BCUT2D eigenvalue weighted by Crippen LogP contribution is 2.50. The van der Waals surface area contributed by atoms with Gasteiger partial charge in [0.25, 0.3) is 0 Å². The van der Waals surface area contributed by atoms with Gasteiger partial charge in [-0.25, -0.2) is 0 Å². The fraction of sp³-hybridized carbons (Fsp3) is 0.429. The van der Waals surface area contributed by atoms with Crippen LogP contribution in [0, 0.1) is 0 Å². The molecule has 2 heterocycles. The van der Waals surface area contributed by atoms with E-state index < -0.39 is 0 Å². The zero-order valence-corrected chi connectivity index (χ0v) is 16.5. The number of piperidine rings is 1. The molecule has 1 fully saturated rings. The quantitative estimate of drug-likeness (QED) is 0.456. The predicted octanol–water partition coefficient (Wildman–Crippen LogP) is 6.20. The van der Waals surface area contributed by atoms with Gasteiger partial charge in [-0.1, -0.05) is 42.4 Å². The van der Waals surface area contributed by atoms with Crippen molar-refractivity contribution in [1.29, 1.82) is 0 Å². The molecule has 0 amide bonds. The highest BCUT2D eigenvalue weighted by molar-refractivity contribution is 8.02. The molecule has 0 saturated carbocycles. The van der Waals surface area contributed by atoms with Crippen LogP contribution in [-0.4, -0.2) is 30.3 Å². The average Bonchev–Trinajstić information content (AvgIpc) is 2.65. The van der Waals surface area contributed by atoms with Gasteiger partial charge in [-0.2, -0.15) is 0 Å². The normalized spacial score (nSPS) is 20.2. The molecular formula is C21H26N2S2. The number of likely N-dealkylation sites (tertiary alicyclic amines) is 1. The minimum absolute atomic E-state index is 0.797. The van der Waals surface area contributed by atoms with Crippen LogP contribution in [0.2, 0.25) is 0 Å². The average molecular weight is 371 g/mol. The van der Waals surface area contributed by atoms with Crippen molar-refractivity contribution in [2.24, 2.45) is 0 Å². The van der Waals surface area contributed by atoms with E-state index in [1.165, 1.54) is 65.6 Å². The van der Waals surface area contributed by atoms with Gasteiger partial charge in [-0.15, -0.1) is 0 Å². The van der Waals surface area contributed by atoms with Gasteiger partial charge in [0.05, 0.1) is 11.4 Å². The number of nitrogens with zero attached hydrogens (tertiary/aromatic N) is 2. The van der Waals surface area contributed by atoms with E-state index in [1.807, 2.05) is 23.7 Å². The first-order valence-corrected chi connectivity index (χ1v) is 11.1. The molecule has 2 aliphatic rings. The lowest BCUT2D eigenvalue weighted by atomic mass is 9.99. The minimum atomic E-state index is 0.797. The summed E-state index contributed by atoms with van der Waals surface area (Å²) < 4.78 is 2.45. The fourth-order valence-electron chi connectivity index (χ4n) is 3.79. The van der Waals surface area contributed by atoms with Crippen LogP contribution in [0.15, 0.2) is 58.3 Å². The molecule has 0 N–H and O–H groups in total. The molecule has 0 spiro atoms. The Bertz CT molecular complexity index is 673. The maximum absolute atomic E-state index is 2.57. The monoisotopic (exact) mass is 370 g/mol. The van der Waals surface area contributed by atoms with Gasteiger partial charge in [-0.05, 0) is 75.5 Å².